The van der Waals surface area contributed by atoms with E-state index in [2.05, 4.69) is 23.2 Å². The summed E-state index contributed by atoms with van der Waals surface area (Å²) in [6.45, 7) is 2.04. The topological polar surface area (TPSA) is 67.3 Å². The summed E-state index contributed by atoms with van der Waals surface area (Å²) in [5.74, 6) is 0. The summed E-state index contributed by atoms with van der Waals surface area (Å²) in [4.78, 5) is 4.35. The maximum Gasteiger partial charge on any atom is 0.522 e. The Labute approximate surface area is 139 Å². The number of benzene rings is 1. The second-order valence-electron chi connectivity index (χ2n) is 4.01. The van der Waals surface area contributed by atoms with Crippen LogP contribution in [0.3, 0.4) is 0 Å². The Kier molecular flexibility index (Phi) is 7.89. The Balaban J connectivity index is 0.000000432. The van der Waals surface area contributed by atoms with Crippen LogP contribution in [0.15, 0.2) is 48.7 Å². The minimum Gasteiger partial charge on any atom is -0.279 e. The number of hydrogen-bond acceptors (Lipinski definition) is 3. The van der Waals surface area contributed by atoms with Gasteiger partial charge in [-0.3, -0.25) is 9.54 Å². The molecule has 2 aromatic rings. The van der Waals surface area contributed by atoms with Crippen LogP contribution in [-0.4, -0.2) is 23.5 Å². The van der Waals surface area contributed by atoms with Gasteiger partial charge in [0.25, 0.3) is 0 Å². The van der Waals surface area contributed by atoms with E-state index in [1.54, 1.807) is 0 Å². The molecule has 2 rings (SSSR count). The summed E-state index contributed by atoms with van der Waals surface area (Å²) in [6, 6.07) is 14.3. The van der Waals surface area contributed by atoms with Crippen LogP contribution in [0.25, 0.3) is 11.3 Å². The van der Waals surface area contributed by atoms with Gasteiger partial charge in [0.15, 0.2) is 0 Å². The average molecular weight is 512 g/mol. The molecular formula is C13H12F3IrNO3S. The number of aryl methyl sites for hydroxylation is 1. The Morgan fingerprint density at radius 3 is 1.91 bits per heavy atom. The molecule has 0 bridgehead atoms. The first-order valence-corrected chi connectivity index (χ1v) is 7.07. The molecule has 9 heteroatoms. The zero-order valence-corrected chi connectivity index (χ0v) is 14.4. The predicted molar refractivity (Wildman–Crippen MR) is 72.0 cm³/mol. The number of alkyl halides is 3. The molecule has 1 N–H and O–H groups in total. The van der Waals surface area contributed by atoms with E-state index in [-0.39, 0.29) is 20.1 Å². The summed E-state index contributed by atoms with van der Waals surface area (Å²) in [6.07, 6.45) is 1.89. The maximum atomic E-state index is 10.7. The zero-order valence-electron chi connectivity index (χ0n) is 11.2. The van der Waals surface area contributed by atoms with Crippen LogP contribution in [0.5, 0.6) is 0 Å². The van der Waals surface area contributed by atoms with Gasteiger partial charge in [-0.15, -0.1) is 0 Å². The van der Waals surface area contributed by atoms with Gasteiger partial charge < -0.3 is 0 Å². The van der Waals surface area contributed by atoms with Gasteiger partial charge >= 0.3 is 15.6 Å². The first-order chi connectivity index (χ1) is 9.61. The maximum absolute atomic E-state index is 10.7. The summed E-state index contributed by atoms with van der Waals surface area (Å²) < 4.78 is 57.5. The van der Waals surface area contributed by atoms with Crippen LogP contribution in [0.2, 0.25) is 0 Å². The van der Waals surface area contributed by atoms with Crippen molar-refractivity contribution in [3.8, 4) is 11.3 Å². The molecule has 0 aliphatic carbocycles. The normalized spacial score (nSPS) is 11.0. The monoisotopic (exact) mass is 512 g/mol. The summed E-state index contributed by atoms with van der Waals surface area (Å²) >= 11 is 0. The molecule has 0 spiro atoms. The Bertz CT molecular complexity index is 674. The molecule has 0 aliphatic rings. The van der Waals surface area contributed by atoms with E-state index < -0.39 is 15.6 Å². The number of nitrogens with zero attached hydrogens (tertiary/aromatic N) is 1. The van der Waals surface area contributed by atoms with Gasteiger partial charge in [0, 0.05) is 31.9 Å². The van der Waals surface area contributed by atoms with Crippen molar-refractivity contribution in [2.45, 2.75) is 12.4 Å². The van der Waals surface area contributed by atoms with Crippen molar-refractivity contribution in [2.75, 3.05) is 0 Å². The van der Waals surface area contributed by atoms with Gasteiger partial charge in [0.05, 0.1) is 5.69 Å². The Morgan fingerprint density at radius 1 is 1.05 bits per heavy atom. The van der Waals surface area contributed by atoms with E-state index in [0.29, 0.717) is 0 Å². The fourth-order valence-electron chi connectivity index (χ4n) is 1.25. The van der Waals surface area contributed by atoms with Gasteiger partial charge in [-0.1, -0.05) is 36.4 Å². The first kappa shape index (κ1) is 20.7. The van der Waals surface area contributed by atoms with Crippen LogP contribution >= 0.6 is 0 Å². The molecule has 0 unspecified atom stereocenters. The molecule has 1 aromatic heterocycles. The van der Waals surface area contributed by atoms with Crippen molar-refractivity contribution >= 4 is 10.1 Å². The second kappa shape index (κ2) is 8.38. The number of pyridine rings is 1. The van der Waals surface area contributed by atoms with E-state index in [4.69, 9.17) is 13.0 Å². The molecule has 0 saturated carbocycles. The van der Waals surface area contributed by atoms with Crippen molar-refractivity contribution in [3.05, 3.63) is 54.2 Å². The van der Waals surface area contributed by atoms with Crippen molar-refractivity contribution in [1.82, 2.24) is 4.98 Å². The van der Waals surface area contributed by atoms with Gasteiger partial charge in [0.2, 0.25) is 0 Å². The third kappa shape index (κ3) is 6.65. The van der Waals surface area contributed by atoms with Crippen molar-refractivity contribution in [2.24, 2.45) is 0 Å². The van der Waals surface area contributed by atoms with Crippen LogP contribution in [0.1, 0.15) is 5.56 Å². The van der Waals surface area contributed by atoms with Crippen LogP contribution < -0.4 is 0 Å². The largest absolute Gasteiger partial charge is 0.522 e. The minimum atomic E-state index is -5.84. The van der Waals surface area contributed by atoms with E-state index in [9.17, 15) is 13.2 Å². The molecule has 0 atom stereocenters. The molecule has 1 heterocycles. The van der Waals surface area contributed by atoms with Gasteiger partial charge in [-0.25, -0.2) is 0 Å². The zero-order chi connectivity index (χ0) is 16.1. The summed E-state index contributed by atoms with van der Waals surface area (Å²) in [5.41, 5.74) is -2.14. The van der Waals surface area contributed by atoms with E-state index in [1.807, 2.05) is 37.4 Å². The quantitative estimate of drug-likeness (QED) is 0.471. The van der Waals surface area contributed by atoms with Gasteiger partial charge in [0.1, 0.15) is 0 Å². The van der Waals surface area contributed by atoms with Crippen molar-refractivity contribution < 1.29 is 46.2 Å². The smallest absolute Gasteiger partial charge is 0.279 e. The molecular weight excluding hydrogens is 499 g/mol. The standard InChI is InChI=1S/C12H11N.CHF3O3S.Ir/c1-10-7-8-12(13-9-10)11-5-3-2-4-6-11;2-1(3,4)8(5,6)7;/h2-9H,1H3;(H,5,6,7);. The average Bonchev–Trinajstić information content (AvgIpc) is 2.39. The molecule has 0 fully saturated rings. The fourth-order valence-corrected chi connectivity index (χ4v) is 1.25. The summed E-state index contributed by atoms with van der Waals surface area (Å²) in [7, 11) is -5.84. The molecule has 123 valence electrons. The van der Waals surface area contributed by atoms with Crippen LogP contribution in [0.4, 0.5) is 13.2 Å². The van der Waals surface area contributed by atoms with Crippen molar-refractivity contribution in [3.63, 3.8) is 0 Å². The van der Waals surface area contributed by atoms with Gasteiger partial charge in [-0.05, 0) is 18.6 Å². The number of hydrogen-bond donors (Lipinski definition) is 1. The Hall–Kier alpha value is -1.28. The predicted octanol–water partition coefficient (Wildman–Crippen LogP) is 3.45. The van der Waals surface area contributed by atoms with Crippen LogP contribution in [0, 0.1) is 6.92 Å². The molecule has 4 nitrogen and oxygen atoms in total. The van der Waals surface area contributed by atoms with E-state index in [0.717, 1.165) is 5.69 Å². The third-order valence-electron chi connectivity index (χ3n) is 2.27. The first-order valence-electron chi connectivity index (χ1n) is 5.63. The Morgan fingerprint density at radius 2 is 1.55 bits per heavy atom. The van der Waals surface area contributed by atoms with E-state index >= 15 is 0 Å². The minimum absolute atomic E-state index is 0. The third-order valence-corrected chi connectivity index (χ3v) is 2.86. The molecule has 1 aromatic carbocycles. The van der Waals surface area contributed by atoms with Crippen LogP contribution in [-0.2, 0) is 30.2 Å². The number of aromatic nitrogens is 1. The number of rotatable bonds is 1. The number of halogens is 3. The molecule has 22 heavy (non-hydrogen) atoms. The second-order valence-corrected chi connectivity index (χ2v) is 5.42. The van der Waals surface area contributed by atoms with Gasteiger partial charge in [-0.2, -0.15) is 21.6 Å². The molecule has 0 amide bonds. The summed E-state index contributed by atoms with van der Waals surface area (Å²) in [5, 5.41) is 0. The molecule has 0 aliphatic heterocycles. The van der Waals surface area contributed by atoms with E-state index in [1.165, 1.54) is 11.1 Å². The molecule has 0 saturated heterocycles. The fraction of sp³-hybridized carbons (Fsp3) is 0.154. The van der Waals surface area contributed by atoms with Crippen molar-refractivity contribution in [1.29, 1.82) is 0 Å². The molecule has 1 radical (unpaired) electrons. The SMILES string of the molecule is Cc1ccc(-c2ccccc2)nc1.O=S(=O)(O)C(F)(F)F.[Ir].